The van der Waals surface area contributed by atoms with Gasteiger partial charge >= 0.3 is 0 Å². The van der Waals surface area contributed by atoms with E-state index in [-0.39, 0.29) is 5.91 Å². The number of rotatable bonds is 4. The molecule has 1 N–H and O–H groups in total. The summed E-state index contributed by atoms with van der Waals surface area (Å²) in [5.41, 5.74) is 3.25. The number of methoxy groups -OCH3 is 1. The summed E-state index contributed by atoms with van der Waals surface area (Å²) >= 11 is 11.0. The summed E-state index contributed by atoms with van der Waals surface area (Å²) in [5.74, 6) is 0.322. The van der Waals surface area contributed by atoms with E-state index in [9.17, 15) is 4.79 Å². The average Bonchev–Trinajstić information content (AvgIpc) is 2.92. The van der Waals surface area contributed by atoms with Gasteiger partial charge in [-0.15, -0.1) is 11.3 Å². The fourth-order valence-corrected chi connectivity index (χ4v) is 3.96. The highest BCUT2D eigenvalue weighted by atomic mass is 79.9. The minimum absolute atomic E-state index is 0.341. The zero-order chi connectivity index (χ0) is 17.1. The Labute approximate surface area is 156 Å². The van der Waals surface area contributed by atoms with Gasteiger partial charge in [0.15, 0.2) is 0 Å². The highest BCUT2D eigenvalue weighted by Crippen LogP contribution is 2.34. The molecule has 0 saturated carbocycles. The summed E-state index contributed by atoms with van der Waals surface area (Å²) in [6.45, 7) is 0. The minimum Gasteiger partial charge on any atom is -0.496 e. The molecule has 0 aliphatic heterocycles. The lowest BCUT2D eigenvalue weighted by Gasteiger charge is -2.04. The smallest absolute Gasteiger partial charge is 0.283 e. The third-order valence-corrected chi connectivity index (χ3v) is 5.47. The van der Waals surface area contributed by atoms with Gasteiger partial charge in [0, 0.05) is 20.1 Å². The highest BCUT2D eigenvalue weighted by Gasteiger charge is 2.16. The molecule has 0 aliphatic rings. The first kappa shape index (κ1) is 17.0. The number of ether oxygens (including phenoxy) is 1. The van der Waals surface area contributed by atoms with Crippen LogP contribution in [0.1, 0.15) is 15.2 Å². The van der Waals surface area contributed by atoms with Gasteiger partial charge in [-0.05, 0) is 24.3 Å². The molecule has 0 radical (unpaired) electrons. The summed E-state index contributed by atoms with van der Waals surface area (Å²) in [7, 11) is 1.58. The van der Waals surface area contributed by atoms with Crippen LogP contribution in [0.25, 0.3) is 10.1 Å². The van der Waals surface area contributed by atoms with Gasteiger partial charge in [-0.25, -0.2) is 5.43 Å². The van der Waals surface area contributed by atoms with Crippen LogP contribution in [-0.4, -0.2) is 19.2 Å². The maximum Gasteiger partial charge on any atom is 0.283 e. The van der Waals surface area contributed by atoms with Gasteiger partial charge in [0.1, 0.15) is 10.6 Å². The summed E-state index contributed by atoms with van der Waals surface area (Å²) in [4.78, 5) is 12.7. The van der Waals surface area contributed by atoms with E-state index in [1.807, 2.05) is 42.5 Å². The van der Waals surface area contributed by atoms with Crippen LogP contribution < -0.4 is 10.2 Å². The Morgan fingerprint density at radius 3 is 2.88 bits per heavy atom. The molecule has 3 aromatic rings. The normalized spacial score (nSPS) is 11.1. The Kier molecular flexibility index (Phi) is 5.18. The first-order chi connectivity index (χ1) is 11.6. The molecule has 4 nitrogen and oxygen atoms in total. The fourth-order valence-electron chi connectivity index (χ4n) is 2.18. The lowest BCUT2D eigenvalue weighted by atomic mass is 10.2. The molecule has 1 heterocycles. The fraction of sp³-hybridized carbons (Fsp3) is 0.0588. The molecule has 0 bridgehead atoms. The average molecular weight is 424 g/mol. The Hall–Kier alpha value is -1.89. The van der Waals surface area contributed by atoms with Crippen molar-refractivity contribution in [2.24, 2.45) is 5.10 Å². The van der Waals surface area contributed by atoms with E-state index in [1.165, 1.54) is 17.6 Å². The predicted molar refractivity (Wildman–Crippen MR) is 103 cm³/mol. The number of thiophene rings is 1. The molecule has 0 fully saturated rings. The Morgan fingerprint density at radius 2 is 2.12 bits per heavy atom. The van der Waals surface area contributed by atoms with E-state index in [2.05, 4.69) is 26.5 Å². The zero-order valence-electron chi connectivity index (χ0n) is 12.5. The Morgan fingerprint density at radius 1 is 1.33 bits per heavy atom. The summed E-state index contributed by atoms with van der Waals surface area (Å²) < 4.78 is 7.11. The molecule has 2 aromatic carbocycles. The van der Waals surface area contributed by atoms with Crippen LogP contribution in [0.5, 0.6) is 5.75 Å². The van der Waals surface area contributed by atoms with E-state index in [0.29, 0.717) is 15.6 Å². The van der Waals surface area contributed by atoms with E-state index < -0.39 is 0 Å². The summed E-state index contributed by atoms with van der Waals surface area (Å²) in [5, 5.41) is 5.32. The highest BCUT2D eigenvalue weighted by molar-refractivity contribution is 9.10. The van der Waals surface area contributed by atoms with Crippen LogP contribution in [0.4, 0.5) is 0 Å². The van der Waals surface area contributed by atoms with Gasteiger partial charge < -0.3 is 4.74 Å². The standard InChI is InChI=1S/C17H12BrClN2O2S/c1-23-13-7-6-11(18)8-10(13)9-20-21-17(22)16-15(19)12-4-2-3-5-14(12)24-16/h2-9H,1H3,(H,21,22). The number of fused-ring (bicyclic) bond motifs is 1. The van der Waals surface area contributed by atoms with Crippen molar-refractivity contribution in [3.8, 4) is 5.75 Å². The molecular formula is C17H12BrClN2O2S. The van der Waals surface area contributed by atoms with Crippen LogP contribution in [0.15, 0.2) is 52.0 Å². The Balaban J connectivity index is 1.80. The van der Waals surface area contributed by atoms with Crippen LogP contribution in [-0.2, 0) is 0 Å². The summed E-state index contributed by atoms with van der Waals surface area (Å²) in [6.07, 6.45) is 1.53. The molecule has 0 atom stereocenters. The Bertz CT molecular complexity index is 939. The second-order valence-electron chi connectivity index (χ2n) is 4.83. The quantitative estimate of drug-likeness (QED) is 0.469. The van der Waals surface area contributed by atoms with Gasteiger partial charge in [0.2, 0.25) is 0 Å². The second-order valence-corrected chi connectivity index (χ2v) is 7.17. The number of carbonyl (C=O) groups is 1. The van der Waals surface area contributed by atoms with E-state index >= 15 is 0 Å². The van der Waals surface area contributed by atoms with Crippen LogP contribution in [0.2, 0.25) is 5.02 Å². The molecule has 0 saturated heterocycles. The SMILES string of the molecule is COc1ccc(Br)cc1C=NNC(=O)c1sc2ccccc2c1Cl. The van der Waals surface area contributed by atoms with E-state index in [4.69, 9.17) is 16.3 Å². The topological polar surface area (TPSA) is 50.7 Å². The minimum atomic E-state index is -0.341. The lowest BCUT2D eigenvalue weighted by molar-refractivity contribution is 0.0959. The number of hydrogen-bond acceptors (Lipinski definition) is 4. The first-order valence-corrected chi connectivity index (χ1v) is 8.93. The number of amides is 1. The van der Waals surface area contributed by atoms with Gasteiger partial charge in [0.25, 0.3) is 5.91 Å². The molecule has 0 aliphatic carbocycles. The van der Waals surface area contributed by atoms with Crippen molar-refractivity contribution in [2.45, 2.75) is 0 Å². The predicted octanol–water partition coefficient (Wildman–Crippen LogP) is 5.09. The summed E-state index contributed by atoms with van der Waals surface area (Å²) in [6, 6.07) is 13.1. The third-order valence-electron chi connectivity index (χ3n) is 3.30. The van der Waals surface area contributed by atoms with E-state index in [1.54, 1.807) is 7.11 Å². The van der Waals surface area contributed by atoms with Crippen molar-refractivity contribution < 1.29 is 9.53 Å². The molecular weight excluding hydrogens is 412 g/mol. The first-order valence-electron chi connectivity index (χ1n) is 6.94. The van der Waals surface area contributed by atoms with Crippen molar-refractivity contribution in [1.29, 1.82) is 0 Å². The molecule has 1 aromatic heterocycles. The monoisotopic (exact) mass is 422 g/mol. The maximum atomic E-state index is 12.3. The lowest BCUT2D eigenvalue weighted by Crippen LogP contribution is -2.16. The number of hydrogen-bond donors (Lipinski definition) is 1. The number of benzene rings is 2. The maximum absolute atomic E-state index is 12.3. The molecule has 0 unspecified atom stereocenters. The number of hydrazone groups is 1. The molecule has 3 rings (SSSR count). The van der Waals surface area contributed by atoms with Crippen molar-refractivity contribution in [2.75, 3.05) is 7.11 Å². The van der Waals surface area contributed by atoms with Crippen molar-refractivity contribution in [3.05, 3.63) is 62.4 Å². The number of halogens is 2. The van der Waals surface area contributed by atoms with Crippen molar-refractivity contribution >= 4 is 61.1 Å². The van der Waals surface area contributed by atoms with Gasteiger partial charge in [-0.2, -0.15) is 5.10 Å². The van der Waals surface area contributed by atoms with Crippen LogP contribution >= 0.6 is 38.9 Å². The largest absolute Gasteiger partial charge is 0.496 e. The molecule has 0 spiro atoms. The molecule has 1 amide bonds. The van der Waals surface area contributed by atoms with Crippen LogP contribution in [0, 0.1) is 0 Å². The van der Waals surface area contributed by atoms with Crippen LogP contribution in [0.3, 0.4) is 0 Å². The van der Waals surface area contributed by atoms with Gasteiger partial charge in [-0.3, -0.25) is 4.79 Å². The molecule has 122 valence electrons. The second kappa shape index (κ2) is 7.34. The van der Waals surface area contributed by atoms with Gasteiger partial charge in [-0.1, -0.05) is 45.7 Å². The van der Waals surface area contributed by atoms with Gasteiger partial charge in [0.05, 0.1) is 18.3 Å². The van der Waals surface area contributed by atoms with Crippen molar-refractivity contribution in [1.82, 2.24) is 5.43 Å². The number of nitrogens with one attached hydrogen (secondary N) is 1. The zero-order valence-corrected chi connectivity index (χ0v) is 15.7. The number of nitrogens with zero attached hydrogens (tertiary/aromatic N) is 1. The van der Waals surface area contributed by atoms with Crippen molar-refractivity contribution in [3.63, 3.8) is 0 Å². The molecule has 24 heavy (non-hydrogen) atoms. The van der Waals surface area contributed by atoms with E-state index in [0.717, 1.165) is 20.1 Å². The third kappa shape index (κ3) is 3.45. The molecule has 7 heteroatoms. The number of carbonyl (C=O) groups excluding carboxylic acids is 1.